The van der Waals surface area contributed by atoms with E-state index in [1.807, 2.05) is 25.1 Å². The highest BCUT2D eigenvalue weighted by Gasteiger charge is 2.35. The zero-order chi connectivity index (χ0) is 22.0. The van der Waals surface area contributed by atoms with Crippen LogP contribution in [-0.2, 0) is 4.79 Å². The third kappa shape index (κ3) is 5.02. The summed E-state index contributed by atoms with van der Waals surface area (Å²) in [5.41, 5.74) is 9.13. The Balaban J connectivity index is 1.57. The van der Waals surface area contributed by atoms with Crippen LogP contribution in [0, 0.1) is 18.8 Å². The lowest BCUT2D eigenvalue weighted by Gasteiger charge is -2.44. The van der Waals surface area contributed by atoms with Crippen molar-refractivity contribution in [2.75, 3.05) is 31.1 Å². The van der Waals surface area contributed by atoms with E-state index in [2.05, 4.69) is 34.1 Å². The first kappa shape index (κ1) is 22.4. The number of rotatable bonds is 4. The average molecular weight is 460 g/mol. The van der Waals surface area contributed by atoms with E-state index >= 15 is 0 Å². The molecule has 1 amide bonds. The summed E-state index contributed by atoms with van der Waals surface area (Å²) in [5.74, 6) is 0.999. The van der Waals surface area contributed by atoms with Gasteiger partial charge in [0.15, 0.2) is 0 Å². The fourth-order valence-electron chi connectivity index (χ4n) is 4.99. The summed E-state index contributed by atoms with van der Waals surface area (Å²) in [6.45, 7) is 4.89. The molecule has 2 aromatic rings. The van der Waals surface area contributed by atoms with Gasteiger partial charge in [0.2, 0.25) is 5.91 Å². The minimum absolute atomic E-state index is 0.0375. The topological polar surface area (TPSA) is 49.6 Å². The van der Waals surface area contributed by atoms with Crippen LogP contribution in [-0.4, -0.2) is 37.0 Å². The molecule has 0 radical (unpaired) electrons. The highest BCUT2D eigenvalue weighted by atomic mass is 35.5. The number of anilines is 1. The quantitative estimate of drug-likeness (QED) is 0.660. The van der Waals surface area contributed by atoms with Crippen molar-refractivity contribution in [2.24, 2.45) is 17.6 Å². The van der Waals surface area contributed by atoms with Crippen molar-refractivity contribution < 1.29 is 4.79 Å². The maximum Gasteiger partial charge on any atom is 0.225 e. The van der Waals surface area contributed by atoms with Crippen molar-refractivity contribution in [1.82, 2.24) is 4.90 Å². The molecule has 1 atom stereocenters. The first-order valence-corrected chi connectivity index (χ1v) is 12.0. The zero-order valence-electron chi connectivity index (χ0n) is 18.1. The number of hydrogen-bond acceptors (Lipinski definition) is 3. The molecular formula is C25H31Cl2N3O. The van der Waals surface area contributed by atoms with Crippen LogP contribution >= 0.6 is 23.2 Å². The van der Waals surface area contributed by atoms with Gasteiger partial charge in [-0.25, -0.2) is 0 Å². The normalized spacial score (nSPS) is 24.3. The Morgan fingerprint density at radius 1 is 1.03 bits per heavy atom. The van der Waals surface area contributed by atoms with E-state index in [1.54, 1.807) is 0 Å². The number of nitrogens with zero attached hydrogens (tertiary/aromatic N) is 2. The predicted molar refractivity (Wildman–Crippen MR) is 129 cm³/mol. The molecule has 1 heterocycles. The molecule has 1 aliphatic carbocycles. The number of carbonyl (C=O) groups excluding carboxylic acids is 1. The van der Waals surface area contributed by atoms with Gasteiger partial charge in [-0.15, -0.1) is 0 Å². The van der Waals surface area contributed by atoms with Gasteiger partial charge in [-0.05, 0) is 80.5 Å². The van der Waals surface area contributed by atoms with Crippen LogP contribution in [0.5, 0.6) is 0 Å². The first-order valence-electron chi connectivity index (χ1n) is 11.2. The number of piperazine rings is 1. The second-order valence-electron chi connectivity index (χ2n) is 8.95. The van der Waals surface area contributed by atoms with E-state index in [4.69, 9.17) is 28.9 Å². The SMILES string of the molecule is Cc1ccc(N2CCN(C(=O)C3CCC(CN)CC3)C[C@H]2c2ccc(Cl)cc2)c(Cl)c1. The van der Waals surface area contributed by atoms with Crippen molar-refractivity contribution in [3.05, 3.63) is 63.6 Å². The number of nitrogens with two attached hydrogens (primary N) is 1. The Hall–Kier alpha value is -1.75. The van der Waals surface area contributed by atoms with Gasteiger partial charge in [0.1, 0.15) is 0 Å². The second kappa shape index (κ2) is 9.81. The summed E-state index contributed by atoms with van der Waals surface area (Å²) in [6.07, 6.45) is 4.03. The van der Waals surface area contributed by atoms with Crippen LogP contribution in [0.2, 0.25) is 10.0 Å². The standard InChI is InChI=1S/C25H31Cl2N3O/c1-17-2-11-23(22(27)14-17)30-13-12-29(16-24(30)19-7-9-21(26)10-8-19)25(31)20-5-3-18(15-28)4-6-20/h2,7-11,14,18,20,24H,3-6,12-13,15-16,28H2,1H3/t18?,20?,24-/m0/s1. The molecule has 6 heteroatoms. The van der Waals surface area contributed by atoms with Crippen molar-refractivity contribution in [3.8, 4) is 0 Å². The number of benzene rings is 2. The molecule has 4 rings (SSSR count). The van der Waals surface area contributed by atoms with Gasteiger partial charge < -0.3 is 15.5 Å². The van der Waals surface area contributed by atoms with Gasteiger partial charge >= 0.3 is 0 Å². The molecule has 0 spiro atoms. The zero-order valence-corrected chi connectivity index (χ0v) is 19.6. The van der Waals surface area contributed by atoms with E-state index in [9.17, 15) is 4.79 Å². The molecule has 2 N–H and O–H groups in total. The summed E-state index contributed by atoms with van der Waals surface area (Å²) in [6, 6.07) is 14.2. The van der Waals surface area contributed by atoms with E-state index in [0.717, 1.165) is 60.6 Å². The van der Waals surface area contributed by atoms with Crippen LogP contribution in [0.25, 0.3) is 0 Å². The lowest BCUT2D eigenvalue weighted by atomic mass is 9.81. The van der Waals surface area contributed by atoms with Gasteiger partial charge in [-0.1, -0.05) is 41.4 Å². The molecule has 0 aromatic heterocycles. The molecule has 2 aromatic carbocycles. The average Bonchev–Trinajstić information content (AvgIpc) is 2.79. The number of carbonyl (C=O) groups is 1. The molecule has 31 heavy (non-hydrogen) atoms. The lowest BCUT2D eigenvalue weighted by molar-refractivity contribution is -0.137. The van der Waals surface area contributed by atoms with Gasteiger partial charge in [0.05, 0.1) is 16.8 Å². The molecule has 166 valence electrons. The van der Waals surface area contributed by atoms with Gasteiger partial charge in [-0.2, -0.15) is 0 Å². The van der Waals surface area contributed by atoms with E-state index in [1.165, 1.54) is 0 Å². The molecule has 2 fully saturated rings. The summed E-state index contributed by atoms with van der Waals surface area (Å²) in [4.78, 5) is 17.8. The molecule has 1 aliphatic heterocycles. The number of halogens is 2. The number of amides is 1. The Labute approximate surface area is 195 Å². The van der Waals surface area contributed by atoms with Crippen molar-refractivity contribution >= 4 is 34.8 Å². The Morgan fingerprint density at radius 2 is 1.74 bits per heavy atom. The predicted octanol–water partition coefficient (Wildman–Crippen LogP) is 5.46. The van der Waals surface area contributed by atoms with Gasteiger partial charge in [0.25, 0.3) is 0 Å². The molecule has 1 saturated heterocycles. The molecular weight excluding hydrogens is 429 g/mol. The fourth-order valence-corrected chi connectivity index (χ4v) is 5.46. The van der Waals surface area contributed by atoms with Crippen LogP contribution in [0.15, 0.2) is 42.5 Å². The summed E-state index contributed by atoms with van der Waals surface area (Å²) in [5, 5.41) is 1.46. The molecule has 0 bridgehead atoms. The maximum absolute atomic E-state index is 13.4. The van der Waals surface area contributed by atoms with Crippen LogP contribution < -0.4 is 10.6 Å². The Kier molecular flexibility index (Phi) is 7.10. The Bertz CT molecular complexity index is 909. The van der Waals surface area contributed by atoms with Crippen molar-refractivity contribution in [1.29, 1.82) is 0 Å². The minimum atomic E-state index is 0.0375. The minimum Gasteiger partial charge on any atom is -0.360 e. The van der Waals surface area contributed by atoms with Crippen molar-refractivity contribution in [3.63, 3.8) is 0 Å². The highest BCUT2D eigenvalue weighted by molar-refractivity contribution is 6.33. The van der Waals surface area contributed by atoms with Crippen LogP contribution in [0.4, 0.5) is 5.69 Å². The highest BCUT2D eigenvalue weighted by Crippen LogP contribution is 2.37. The van der Waals surface area contributed by atoms with E-state index in [-0.39, 0.29) is 12.0 Å². The smallest absolute Gasteiger partial charge is 0.225 e. The van der Waals surface area contributed by atoms with Gasteiger partial charge in [0, 0.05) is 30.6 Å². The fraction of sp³-hybridized carbons (Fsp3) is 0.480. The molecule has 4 nitrogen and oxygen atoms in total. The second-order valence-corrected chi connectivity index (χ2v) is 9.80. The maximum atomic E-state index is 13.4. The lowest BCUT2D eigenvalue weighted by Crippen LogP contribution is -2.52. The first-order chi connectivity index (χ1) is 15.0. The molecule has 0 unspecified atom stereocenters. The monoisotopic (exact) mass is 459 g/mol. The molecule has 1 saturated carbocycles. The van der Waals surface area contributed by atoms with Gasteiger partial charge in [-0.3, -0.25) is 4.79 Å². The van der Waals surface area contributed by atoms with Crippen LogP contribution in [0.3, 0.4) is 0 Å². The van der Waals surface area contributed by atoms with Crippen LogP contribution in [0.1, 0.15) is 42.9 Å². The Morgan fingerprint density at radius 3 is 2.39 bits per heavy atom. The third-order valence-corrected chi connectivity index (χ3v) is 7.44. The number of hydrogen-bond donors (Lipinski definition) is 1. The number of aryl methyl sites for hydroxylation is 1. The van der Waals surface area contributed by atoms with Crippen molar-refractivity contribution in [2.45, 2.75) is 38.6 Å². The molecule has 2 aliphatic rings. The van der Waals surface area contributed by atoms with E-state index < -0.39 is 0 Å². The third-order valence-electron chi connectivity index (χ3n) is 6.89. The van der Waals surface area contributed by atoms with E-state index in [0.29, 0.717) is 29.9 Å². The largest absolute Gasteiger partial charge is 0.360 e. The summed E-state index contributed by atoms with van der Waals surface area (Å²) in [7, 11) is 0. The summed E-state index contributed by atoms with van der Waals surface area (Å²) >= 11 is 12.8. The summed E-state index contributed by atoms with van der Waals surface area (Å²) < 4.78 is 0.